The zero-order valence-corrected chi connectivity index (χ0v) is 10.7. The van der Waals surface area contributed by atoms with Gasteiger partial charge in [-0.2, -0.15) is 4.98 Å². The van der Waals surface area contributed by atoms with Gasteiger partial charge < -0.3 is 10.6 Å². The van der Waals surface area contributed by atoms with Crippen LogP contribution in [0.15, 0.2) is 24.3 Å². The Kier molecular flexibility index (Phi) is 4.43. The second kappa shape index (κ2) is 6.26. The normalized spacial score (nSPS) is 10.9. The highest BCUT2D eigenvalue weighted by molar-refractivity contribution is 5.89. The van der Waals surface area contributed by atoms with Gasteiger partial charge in [0.05, 0.1) is 12.1 Å². The standard InChI is InChI=1S/C13H16F2N4/c1-2-7-16-13-18-10-6-4-3-5-9(10)12(19-13)17-8-11(14)15/h3-6,11H,2,7-8H2,1H3,(H2,16,17,18,19). The number of hydrogen-bond donors (Lipinski definition) is 2. The van der Waals surface area contributed by atoms with Crippen molar-refractivity contribution in [2.75, 3.05) is 23.7 Å². The Morgan fingerprint density at radius 3 is 2.68 bits per heavy atom. The molecule has 0 amide bonds. The minimum absolute atomic E-state index is 0.422. The fraction of sp³-hybridized carbons (Fsp3) is 0.385. The molecule has 4 nitrogen and oxygen atoms in total. The van der Waals surface area contributed by atoms with Crippen LogP contribution in [-0.2, 0) is 0 Å². The molecule has 2 rings (SSSR count). The molecule has 2 aromatic rings. The number of anilines is 2. The Bertz CT molecular complexity index is 545. The Hall–Kier alpha value is -1.98. The minimum Gasteiger partial charge on any atom is -0.364 e. The van der Waals surface area contributed by atoms with Gasteiger partial charge in [0.15, 0.2) is 0 Å². The van der Waals surface area contributed by atoms with E-state index < -0.39 is 13.0 Å². The molecule has 1 aromatic carbocycles. The zero-order chi connectivity index (χ0) is 13.7. The largest absolute Gasteiger partial charge is 0.364 e. The summed E-state index contributed by atoms with van der Waals surface area (Å²) >= 11 is 0. The number of hydrogen-bond acceptors (Lipinski definition) is 4. The van der Waals surface area contributed by atoms with Gasteiger partial charge in [-0.3, -0.25) is 0 Å². The molecule has 0 saturated carbocycles. The average molecular weight is 266 g/mol. The molecule has 0 bridgehead atoms. The monoisotopic (exact) mass is 266 g/mol. The summed E-state index contributed by atoms with van der Waals surface area (Å²) in [5, 5.41) is 6.47. The van der Waals surface area contributed by atoms with Crippen LogP contribution in [0.25, 0.3) is 10.9 Å². The third-order valence-electron chi connectivity index (χ3n) is 2.56. The Morgan fingerprint density at radius 1 is 1.16 bits per heavy atom. The lowest BCUT2D eigenvalue weighted by Crippen LogP contribution is -2.13. The van der Waals surface area contributed by atoms with E-state index in [0.717, 1.165) is 23.9 Å². The van der Waals surface area contributed by atoms with E-state index in [0.29, 0.717) is 11.8 Å². The van der Waals surface area contributed by atoms with Gasteiger partial charge in [0.1, 0.15) is 5.82 Å². The van der Waals surface area contributed by atoms with E-state index in [1.165, 1.54) is 0 Å². The summed E-state index contributed by atoms with van der Waals surface area (Å²) < 4.78 is 24.6. The predicted molar refractivity (Wildman–Crippen MR) is 72.8 cm³/mol. The topological polar surface area (TPSA) is 49.8 Å². The molecule has 0 spiro atoms. The lowest BCUT2D eigenvalue weighted by molar-refractivity contribution is 0.163. The Morgan fingerprint density at radius 2 is 1.95 bits per heavy atom. The molecule has 6 heteroatoms. The molecule has 0 aliphatic carbocycles. The van der Waals surface area contributed by atoms with Gasteiger partial charge in [-0.15, -0.1) is 0 Å². The second-order valence-corrected chi connectivity index (χ2v) is 4.11. The van der Waals surface area contributed by atoms with Gasteiger partial charge in [-0.1, -0.05) is 19.1 Å². The van der Waals surface area contributed by atoms with Crippen molar-refractivity contribution < 1.29 is 8.78 Å². The maximum Gasteiger partial charge on any atom is 0.255 e. The Balaban J connectivity index is 2.33. The van der Waals surface area contributed by atoms with E-state index in [2.05, 4.69) is 20.6 Å². The molecule has 0 fully saturated rings. The van der Waals surface area contributed by atoms with Crippen LogP contribution in [0, 0.1) is 0 Å². The molecule has 1 aromatic heterocycles. The molecule has 0 radical (unpaired) electrons. The fourth-order valence-corrected chi connectivity index (χ4v) is 1.70. The molecule has 19 heavy (non-hydrogen) atoms. The summed E-state index contributed by atoms with van der Waals surface area (Å²) in [6.45, 7) is 2.35. The minimum atomic E-state index is -2.42. The summed E-state index contributed by atoms with van der Waals surface area (Å²) in [5.41, 5.74) is 0.730. The van der Waals surface area contributed by atoms with Crippen LogP contribution < -0.4 is 10.6 Å². The quantitative estimate of drug-likeness (QED) is 0.843. The van der Waals surface area contributed by atoms with Gasteiger partial charge in [0, 0.05) is 11.9 Å². The maximum absolute atomic E-state index is 12.3. The highest BCUT2D eigenvalue weighted by Gasteiger charge is 2.09. The van der Waals surface area contributed by atoms with Crippen LogP contribution in [0.5, 0.6) is 0 Å². The summed E-state index contributed by atoms with van der Waals surface area (Å²) in [7, 11) is 0. The van der Waals surface area contributed by atoms with Crippen molar-refractivity contribution in [2.45, 2.75) is 19.8 Å². The van der Waals surface area contributed by atoms with Crippen molar-refractivity contribution in [3.05, 3.63) is 24.3 Å². The first-order chi connectivity index (χ1) is 9.20. The van der Waals surface area contributed by atoms with Gasteiger partial charge in [-0.05, 0) is 18.6 Å². The van der Waals surface area contributed by atoms with E-state index in [-0.39, 0.29) is 0 Å². The van der Waals surface area contributed by atoms with Crippen molar-refractivity contribution in [1.29, 1.82) is 0 Å². The van der Waals surface area contributed by atoms with E-state index in [4.69, 9.17) is 0 Å². The average Bonchev–Trinajstić information content (AvgIpc) is 2.42. The summed E-state index contributed by atoms with van der Waals surface area (Å²) in [5.74, 6) is 0.891. The molecule has 0 atom stereocenters. The summed E-state index contributed by atoms with van der Waals surface area (Å²) in [6.07, 6.45) is -1.48. The lowest BCUT2D eigenvalue weighted by atomic mass is 10.2. The molecule has 2 N–H and O–H groups in total. The van der Waals surface area contributed by atoms with E-state index in [1.807, 2.05) is 31.2 Å². The first-order valence-corrected chi connectivity index (χ1v) is 6.23. The smallest absolute Gasteiger partial charge is 0.255 e. The number of benzene rings is 1. The highest BCUT2D eigenvalue weighted by atomic mass is 19.3. The molecule has 0 aliphatic rings. The SMILES string of the molecule is CCCNc1nc(NCC(F)F)c2ccccc2n1. The van der Waals surface area contributed by atoms with Crippen molar-refractivity contribution in [3.8, 4) is 0 Å². The van der Waals surface area contributed by atoms with Crippen LogP contribution >= 0.6 is 0 Å². The molecule has 0 aliphatic heterocycles. The fourth-order valence-electron chi connectivity index (χ4n) is 1.70. The van der Waals surface area contributed by atoms with Crippen LogP contribution in [0.1, 0.15) is 13.3 Å². The van der Waals surface area contributed by atoms with E-state index >= 15 is 0 Å². The van der Waals surface area contributed by atoms with Crippen molar-refractivity contribution in [2.24, 2.45) is 0 Å². The summed E-state index contributed by atoms with van der Waals surface area (Å²) in [6, 6.07) is 7.34. The first kappa shape index (κ1) is 13.5. The van der Waals surface area contributed by atoms with Crippen LogP contribution in [0.4, 0.5) is 20.5 Å². The van der Waals surface area contributed by atoms with Gasteiger partial charge in [0.2, 0.25) is 5.95 Å². The van der Waals surface area contributed by atoms with Gasteiger partial charge >= 0.3 is 0 Å². The lowest BCUT2D eigenvalue weighted by Gasteiger charge is -2.11. The molecule has 0 saturated heterocycles. The maximum atomic E-state index is 12.3. The van der Waals surface area contributed by atoms with Gasteiger partial charge in [-0.25, -0.2) is 13.8 Å². The van der Waals surface area contributed by atoms with Crippen LogP contribution in [0.3, 0.4) is 0 Å². The molecular weight excluding hydrogens is 250 g/mol. The number of halogens is 2. The number of fused-ring (bicyclic) bond motifs is 1. The number of alkyl halides is 2. The second-order valence-electron chi connectivity index (χ2n) is 4.11. The van der Waals surface area contributed by atoms with Crippen molar-refractivity contribution in [3.63, 3.8) is 0 Å². The molecule has 1 heterocycles. The highest BCUT2D eigenvalue weighted by Crippen LogP contribution is 2.21. The van der Waals surface area contributed by atoms with Crippen molar-refractivity contribution in [1.82, 2.24) is 9.97 Å². The van der Waals surface area contributed by atoms with Crippen LogP contribution in [-0.4, -0.2) is 29.5 Å². The zero-order valence-electron chi connectivity index (χ0n) is 10.7. The molecular formula is C13H16F2N4. The summed E-state index contributed by atoms with van der Waals surface area (Å²) in [4.78, 5) is 8.59. The predicted octanol–water partition coefficient (Wildman–Crippen LogP) is 3.13. The van der Waals surface area contributed by atoms with E-state index in [9.17, 15) is 8.78 Å². The number of para-hydroxylation sites is 1. The number of nitrogens with one attached hydrogen (secondary N) is 2. The first-order valence-electron chi connectivity index (χ1n) is 6.23. The number of aromatic nitrogens is 2. The molecule has 0 unspecified atom stereocenters. The van der Waals surface area contributed by atoms with Crippen molar-refractivity contribution >= 4 is 22.7 Å². The third kappa shape index (κ3) is 3.49. The Labute approximate surface area is 110 Å². The number of rotatable bonds is 6. The van der Waals surface area contributed by atoms with Gasteiger partial charge in [0.25, 0.3) is 6.43 Å². The number of nitrogens with zero attached hydrogens (tertiary/aromatic N) is 2. The van der Waals surface area contributed by atoms with Crippen LogP contribution in [0.2, 0.25) is 0 Å². The third-order valence-corrected chi connectivity index (χ3v) is 2.56. The van der Waals surface area contributed by atoms with E-state index in [1.54, 1.807) is 0 Å². The molecule has 102 valence electrons.